The zero-order valence-electron chi connectivity index (χ0n) is 8.13. The molecule has 0 aromatic carbocycles. The Kier molecular flexibility index (Phi) is 2.08. The van der Waals surface area contributed by atoms with Crippen molar-refractivity contribution in [2.45, 2.75) is 12.9 Å². The molecule has 0 heterocycles. The average Bonchev–Trinajstić information content (AvgIpc) is 1.96. The van der Waals surface area contributed by atoms with E-state index < -0.39 is 24.7 Å². The van der Waals surface area contributed by atoms with E-state index in [1.165, 1.54) is 0 Å². The molecule has 0 spiro atoms. The van der Waals surface area contributed by atoms with Gasteiger partial charge in [-0.1, -0.05) is 0 Å². The number of thiol groups is 1. The Bertz CT molecular complexity index is 218. The molecule has 0 fully saturated rings. The summed E-state index contributed by atoms with van der Waals surface area (Å²) in [6, 6.07) is -1.05. The number of amides is 2. The Morgan fingerprint density at radius 2 is 2.50 bits per heavy atom. The second-order valence-electron chi connectivity index (χ2n) is 1.61. The Morgan fingerprint density at radius 1 is 1.90 bits per heavy atom. The van der Waals surface area contributed by atoms with Gasteiger partial charge < -0.3 is 11.1 Å². The molecule has 0 bridgehead atoms. The van der Waals surface area contributed by atoms with Crippen LogP contribution in [0, 0.1) is 0 Å². The van der Waals surface area contributed by atoms with Gasteiger partial charge in [-0.25, -0.2) is 0 Å². The standard InChI is InChI=1S/C5H10N2O2S/c1-3(8)7-4(2-10)5(6)9/h4,10H,2H2,1H3,(H2,6,9)(H,7,8)/t4-/m0/s1/i1D3. The van der Waals surface area contributed by atoms with Gasteiger partial charge in [0.2, 0.25) is 11.8 Å². The molecule has 0 radical (unpaired) electrons. The van der Waals surface area contributed by atoms with Crippen LogP contribution in [-0.4, -0.2) is 23.6 Å². The minimum absolute atomic E-state index is 0.0306. The number of carbonyl (C=O) groups excluding carboxylic acids is 2. The van der Waals surface area contributed by atoms with Gasteiger partial charge >= 0.3 is 0 Å². The third-order valence-corrected chi connectivity index (χ3v) is 1.20. The molecule has 2 amide bonds. The molecule has 5 heteroatoms. The lowest BCUT2D eigenvalue weighted by Gasteiger charge is -2.09. The maximum Gasteiger partial charge on any atom is 0.240 e. The maximum atomic E-state index is 10.8. The monoisotopic (exact) mass is 165 g/mol. The molecule has 0 unspecified atom stereocenters. The van der Waals surface area contributed by atoms with Crippen LogP contribution in [0.2, 0.25) is 0 Å². The minimum atomic E-state index is -2.77. The van der Waals surface area contributed by atoms with Crippen LogP contribution in [0.4, 0.5) is 0 Å². The number of primary amides is 1. The van der Waals surface area contributed by atoms with Crippen LogP contribution in [0.3, 0.4) is 0 Å². The number of hydrogen-bond donors (Lipinski definition) is 3. The molecule has 0 aromatic rings. The van der Waals surface area contributed by atoms with Crippen LogP contribution in [0.25, 0.3) is 0 Å². The molecule has 0 aliphatic rings. The largest absolute Gasteiger partial charge is 0.368 e. The summed E-state index contributed by atoms with van der Waals surface area (Å²) in [6.45, 7) is -2.77. The van der Waals surface area contributed by atoms with Crippen molar-refractivity contribution in [1.82, 2.24) is 5.32 Å². The highest BCUT2D eigenvalue weighted by molar-refractivity contribution is 7.80. The van der Waals surface area contributed by atoms with Crippen LogP contribution < -0.4 is 11.1 Å². The van der Waals surface area contributed by atoms with E-state index in [1.807, 2.05) is 5.32 Å². The molecule has 0 saturated carbocycles. The van der Waals surface area contributed by atoms with E-state index >= 15 is 0 Å². The van der Waals surface area contributed by atoms with Crippen molar-refractivity contribution < 1.29 is 13.7 Å². The first-order valence-electron chi connectivity index (χ1n) is 4.00. The van der Waals surface area contributed by atoms with E-state index in [2.05, 4.69) is 12.6 Å². The van der Waals surface area contributed by atoms with Crippen LogP contribution >= 0.6 is 12.6 Å². The van der Waals surface area contributed by atoms with Crippen molar-refractivity contribution in [3.8, 4) is 0 Å². The molecule has 3 N–H and O–H groups in total. The summed E-state index contributed by atoms with van der Waals surface area (Å²) in [6.07, 6.45) is 0. The van der Waals surface area contributed by atoms with Gasteiger partial charge in [-0.05, 0) is 0 Å². The third-order valence-electron chi connectivity index (χ3n) is 0.831. The Hall–Kier alpha value is -0.710. The van der Waals surface area contributed by atoms with Crippen molar-refractivity contribution in [3.05, 3.63) is 0 Å². The Labute approximate surface area is 68.8 Å². The number of carbonyl (C=O) groups is 2. The molecule has 0 rings (SSSR count). The predicted octanol–water partition coefficient (Wildman–Crippen LogP) is -1.09. The van der Waals surface area contributed by atoms with Crippen LogP contribution in [0.15, 0.2) is 0 Å². The van der Waals surface area contributed by atoms with Gasteiger partial charge in [-0.15, -0.1) is 0 Å². The lowest BCUT2D eigenvalue weighted by atomic mass is 10.3. The molecule has 1 atom stereocenters. The highest BCUT2D eigenvalue weighted by atomic mass is 32.1. The van der Waals surface area contributed by atoms with Crippen LogP contribution in [-0.2, 0) is 9.59 Å². The molecule has 4 nitrogen and oxygen atoms in total. The predicted molar refractivity (Wildman–Crippen MR) is 40.7 cm³/mol. The van der Waals surface area contributed by atoms with E-state index in [0.717, 1.165) is 0 Å². The number of hydrogen-bond acceptors (Lipinski definition) is 3. The van der Waals surface area contributed by atoms with E-state index in [4.69, 9.17) is 9.85 Å². The molecular formula is C5H10N2O2S. The summed E-state index contributed by atoms with van der Waals surface area (Å²) in [5, 5.41) is 1.95. The number of nitrogens with one attached hydrogen (secondary N) is 1. The van der Waals surface area contributed by atoms with Crippen molar-refractivity contribution in [3.63, 3.8) is 0 Å². The van der Waals surface area contributed by atoms with Gasteiger partial charge in [0.1, 0.15) is 6.04 Å². The topological polar surface area (TPSA) is 72.2 Å². The normalized spacial score (nSPS) is 17.9. The second-order valence-corrected chi connectivity index (χ2v) is 1.98. The summed E-state index contributed by atoms with van der Waals surface area (Å²) < 4.78 is 20.1. The fraction of sp³-hybridized carbons (Fsp3) is 0.600. The SMILES string of the molecule is [2H]C([2H])([2H])C(=O)N[C@@H](CS)C(N)=O. The van der Waals surface area contributed by atoms with Crippen LogP contribution in [0.5, 0.6) is 0 Å². The zero-order valence-corrected chi connectivity index (χ0v) is 6.02. The number of nitrogens with two attached hydrogens (primary N) is 1. The lowest BCUT2D eigenvalue weighted by molar-refractivity contribution is -0.125. The molecule has 0 saturated heterocycles. The molecule has 58 valence electrons. The fourth-order valence-electron chi connectivity index (χ4n) is 0.365. The molecule has 0 aliphatic carbocycles. The van der Waals surface area contributed by atoms with Crippen molar-refractivity contribution in [1.29, 1.82) is 0 Å². The first-order valence-corrected chi connectivity index (χ1v) is 3.13. The fourth-order valence-corrected chi connectivity index (χ4v) is 0.636. The summed E-state index contributed by atoms with van der Waals surface area (Å²) >= 11 is 3.73. The summed E-state index contributed by atoms with van der Waals surface area (Å²) in [7, 11) is 0. The van der Waals surface area contributed by atoms with Gasteiger partial charge in [0.25, 0.3) is 0 Å². The highest BCUT2D eigenvalue weighted by Gasteiger charge is 2.12. The second kappa shape index (κ2) is 4.16. The smallest absolute Gasteiger partial charge is 0.240 e. The van der Waals surface area contributed by atoms with Gasteiger partial charge in [-0.3, -0.25) is 9.59 Å². The molecule has 0 aromatic heterocycles. The Morgan fingerprint density at radius 3 is 2.80 bits per heavy atom. The molecular weight excluding hydrogens is 152 g/mol. The summed E-state index contributed by atoms with van der Waals surface area (Å²) in [5.41, 5.74) is 4.85. The van der Waals surface area contributed by atoms with Crippen molar-refractivity contribution in [2.24, 2.45) is 5.73 Å². The van der Waals surface area contributed by atoms with E-state index in [0.29, 0.717) is 0 Å². The number of rotatable bonds is 3. The van der Waals surface area contributed by atoms with E-state index in [1.54, 1.807) is 0 Å². The summed E-state index contributed by atoms with van der Waals surface area (Å²) in [4.78, 5) is 21.4. The lowest BCUT2D eigenvalue weighted by Crippen LogP contribution is -2.44. The Balaban J connectivity index is 4.26. The quantitative estimate of drug-likeness (QED) is 0.465. The highest BCUT2D eigenvalue weighted by Crippen LogP contribution is 1.85. The van der Waals surface area contributed by atoms with Gasteiger partial charge in [0.15, 0.2) is 0 Å². The van der Waals surface area contributed by atoms with Crippen LogP contribution in [0.1, 0.15) is 11.0 Å². The average molecular weight is 165 g/mol. The first kappa shape index (κ1) is 5.01. The molecule has 10 heavy (non-hydrogen) atoms. The van der Waals surface area contributed by atoms with Gasteiger partial charge in [-0.2, -0.15) is 12.6 Å². The zero-order chi connectivity index (χ0) is 10.6. The van der Waals surface area contributed by atoms with Gasteiger partial charge in [0, 0.05) is 16.7 Å². The van der Waals surface area contributed by atoms with Crippen molar-refractivity contribution in [2.75, 3.05) is 5.75 Å². The van der Waals surface area contributed by atoms with E-state index in [9.17, 15) is 9.59 Å². The van der Waals surface area contributed by atoms with Gasteiger partial charge in [0.05, 0.1) is 0 Å². The van der Waals surface area contributed by atoms with E-state index in [-0.39, 0.29) is 5.75 Å². The third kappa shape index (κ3) is 3.34. The molecule has 0 aliphatic heterocycles. The summed E-state index contributed by atoms with van der Waals surface area (Å²) in [5.74, 6) is -2.05. The van der Waals surface area contributed by atoms with Crippen molar-refractivity contribution >= 4 is 24.4 Å². The minimum Gasteiger partial charge on any atom is -0.368 e. The maximum absolute atomic E-state index is 10.8. The first-order chi connectivity index (χ1) is 5.79.